The molecule has 4 rings (SSSR count). The lowest BCUT2D eigenvalue weighted by molar-refractivity contribution is -0.117. The van der Waals surface area contributed by atoms with Crippen molar-refractivity contribution in [2.45, 2.75) is 33.9 Å². The monoisotopic (exact) mass is 439 g/mol. The first kappa shape index (κ1) is 21.7. The molecule has 0 bridgehead atoms. The molecule has 1 aliphatic rings. The van der Waals surface area contributed by atoms with Crippen LogP contribution in [-0.4, -0.2) is 58.0 Å². The average molecular weight is 440 g/mol. The highest BCUT2D eigenvalue weighted by Crippen LogP contribution is 2.21. The highest BCUT2D eigenvalue weighted by Gasteiger charge is 2.20. The zero-order valence-electron chi connectivity index (χ0n) is 18.4. The van der Waals surface area contributed by atoms with E-state index >= 15 is 0 Å². The Balaban J connectivity index is 1.32. The zero-order valence-corrected chi connectivity index (χ0v) is 19.2. The number of hydrogen-bond acceptors (Lipinski definition) is 6. The maximum Gasteiger partial charge on any atom is 0.263 e. The molecule has 7 nitrogen and oxygen atoms in total. The Kier molecular flexibility index (Phi) is 6.50. The third-order valence-corrected chi connectivity index (χ3v) is 7.04. The number of piperazine rings is 1. The molecule has 0 unspecified atom stereocenters. The summed E-state index contributed by atoms with van der Waals surface area (Å²) in [6, 6.07) is 7.99. The van der Waals surface area contributed by atoms with E-state index in [0.29, 0.717) is 18.6 Å². The van der Waals surface area contributed by atoms with Crippen molar-refractivity contribution in [1.29, 1.82) is 0 Å². The van der Waals surface area contributed by atoms with Gasteiger partial charge < -0.3 is 5.32 Å². The number of hydrogen-bond donors (Lipinski definition) is 1. The van der Waals surface area contributed by atoms with E-state index in [1.807, 2.05) is 38.1 Å². The lowest BCUT2D eigenvalue weighted by Gasteiger charge is -2.34. The Morgan fingerprint density at radius 1 is 1.13 bits per heavy atom. The van der Waals surface area contributed by atoms with Crippen LogP contribution in [0.1, 0.15) is 22.9 Å². The second kappa shape index (κ2) is 9.30. The van der Waals surface area contributed by atoms with Gasteiger partial charge in [-0.1, -0.05) is 25.1 Å². The minimum atomic E-state index is 0.0147. The molecule has 1 aromatic carbocycles. The molecule has 0 saturated carbocycles. The molecule has 1 N–H and O–H groups in total. The quantitative estimate of drug-likeness (QED) is 0.640. The maximum absolute atomic E-state index is 12.8. The fourth-order valence-corrected chi connectivity index (χ4v) is 4.91. The van der Waals surface area contributed by atoms with Crippen molar-refractivity contribution in [2.75, 3.05) is 38.0 Å². The number of anilines is 1. The molecule has 1 fully saturated rings. The van der Waals surface area contributed by atoms with Gasteiger partial charge >= 0.3 is 0 Å². The van der Waals surface area contributed by atoms with Crippen LogP contribution in [0.25, 0.3) is 10.2 Å². The minimum absolute atomic E-state index is 0.0147. The van der Waals surface area contributed by atoms with Crippen molar-refractivity contribution in [3.05, 3.63) is 57.0 Å². The van der Waals surface area contributed by atoms with E-state index in [1.165, 1.54) is 4.88 Å². The number of nitrogens with zero attached hydrogens (tertiary/aromatic N) is 4. The summed E-state index contributed by atoms with van der Waals surface area (Å²) in [5.41, 5.74) is 3.08. The number of benzene rings is 1. The summed E-state index contributed by atoms with van der Waals surface area (Å²) in [7, 11) is 0. The molecule has 31 heavy (non-hydrogen) atoms. The van der Waals surface area contributed by atoms with Crippen LogP contribution in [0.2, 0.25) is 0 Å². The van der Waals surface area contributed by atoms with E-state index < -0.39 is 0 Å². The fourth-order valence-electron chi connectivity index (χ4n) is 3.98. The number of rotatable bonds is 6. The van der Waals surface area contributed by atoms with Crippen LogP contribution in [-0.2, 0) is 17.9 Å². The summed E-state index contributed by atoms with van der Waals surface area (Å²) in [5, 5.41) is 3.78. The van der Waals surface area contributed by atoms with Gasteiger partial charge in [0.25, 0.3) is 5.56 Å². The van der Waals surface area contributed by atoms with Gasteiger partial charge in [0.1, 0.15) is 11.2 Å². The number of amides is 1. The first-order valence-corrected chi connectivity index (χ1v) is 11.5. The molecular formula is C23H29N5O2S. The van der Waals surface area contributed by atoms with Crippen LogP contribution in [0, 0.1) is 13.8 Å². The molecule has 3 heterocycles. The lowest BCUT2D eigenvalue weighted by atomic mass is 10.1. The van der Waals surface area contributed by atoms with Gasteiger partial charge in [0, 0.05) is 36.7 Å². The van der Waals surface area contributed by atoms with Gasteiger partial charge in [0.05, 0.1) is 18.6 Å². The molecular weight excluding hydrogens is 410 g/mol. The second-order valence-corrected chi connectivity index (χ2v) is 9.27. The third kappa shape index (κ3) is 4.87. The largest absolute Gasteiger partial charge is 0.324 e. The smallest absolute Gasteiger partial charge is 0.263 e. The summed E-state index contributed by atoms with van der Waals surface area (Å²) in [4.78, 5) is 36.2. The van der Waals surface area contributed by atoms with Gasteiger partial charge in [-0.3, -0.25) is 24.0 Å². The van der Waals surface area contributed by atoms with Gasteiger partial charge in [-0.05, 0) is 37.5 Å². The molecule has 0 spiro atoms. The van der Waals surface area contributed by atoms with E-state index in [0.717, 1.165) is 54.2 Å². The minimum Gasteiger partial charge on any atom is -0.324 e. The fraction of sp³-hybridized carbons (Fsp3) is 0.435. The number of aromatic nitrogens is 2. The first-order valence-electron chi connectivity index (χ1n) is 10.7. The van der Waals surface area contributed by atoms with Crippen molar-refractivity contribution in [3.8, 4) is 0 Å². The van der Waals surface area contributed by atoms with Crippen LogP contribution in [0.5, 0.6) is 0 Å². The van der Waals surface area contributed by atoms with E-state index in [2.05, 4.69) is 27.0 Å². The summed E-state index contributed by atoms with van der Waals surface area (Å²) >= 11 is 1.59. The van der Waals surface area contributed by atoms with Gasteiger partial charge in [0.2, 0.25) is 5.91 Å². The zero-order chi connectivity index (χ0) is 22.0. The number of fused-ring (bicyclic) bond motifs is 1. The van der Waals surface area contributed by atoms with Gasteiger partial charge in [-0.15, -0.1) is 11.3 Å². The van der Waals surface area contributed by atoms with Crippen molar-refractivity contribution in [1.82, 2.24) is 19.4 Å². The molecule has 0 radical (unpaired) electrons. The Morgan fingerprint density at radius 2 is 1.81 bits per heavy atom. The normalized spacial score (nSPS) is 15.5. The molecule has 1 saturated heterocycles. The molecule has 164 valence electrons. The van der Waals surface area contributed by atoms with E-state index in [-0.39, 0.29) is 11.5 Å². The van der Waals surface area contributed by atoms with Gasteiger partial charge in [0.15, 0.2) is 0 Å². The summed E-state index contributed by atoms with van der Waals surface area (Å²) in [6.07, 6.45) is 2.57. The molecule has 0 atom stereocenters. The van der Waals surface area contributed by atoms with Crippen molar-refractivity contribution >= 4 is 33.1 Å². The Hall–Kier alpha value is -2.55. The highest BCUT2D eigenvalue weighted by molar-refractivity contribution is 7.18. The number of aryl methyl sites for hydroxylation is 3. The number of para-hydroxylation sites is 1. The van der Waals surface area contributed by atoms with Crippen molar-refractivity contribution in [3.63, 3.8) is 0 Å². The molecule has 0 aliphatic carbocycles. The molecule has 3 aromatic rings. The predicted molar refractivity (Wildman–Crippen MR) is 126 cm³/mol. The molecule has 8 heteroatoms. The lowest BCUT2D eigenvalue weighted by Crippen LogP contribution is -2.49. The third-order valence-electron chi connectivity index (χ3n) is 5.85. The van der Waals surface area contributed by atoms with E-state index in [1.54, 1.807) is 22.2 Å². The summed E-state index contributed by atoms with van der Waals surface area (Å²) in [6.45, 7) is 10.2. The number of carbonyl (C=O) groups is 1. The standard InChI is InChI=1S/C23H29N5O2S/c1-4-18-12-19-22(31-18)24-14-28(23(19)30)15-27-10-8-26(9-11-27)13-20(29)25-21-16(2)6-5-7-17(21)3/h5-7,12,14H,4,8-11,13,15H2,1-3H3,(H,25,29). The average Bonchev–Trinajstić information content (AvgIpc) is 3.19. The van der Waals surface area contributed by atoms with Crippen LogP contribution in [0.3, 0.4) is 0 Å². The van der Waals surface area contributed by atoms with Crippen LogP contribution in [0.15, 0.2) is 35.4 Å². The molecule has 1 aliphatic heterocycles. The first-order chi connectivity index (χ1) is 14.9. The van der Waals surface area contributed by atoms with Crippen LogP contribution >= 0.6 is 11.3 Å². The Labute approximate surface area is 186 Å². The van der Waals surface area contributed by atoms with Crippen LogP contribution < -0.4 is 10.9 Å². The van der Waals surface area contributed by atoms with Gasteiger partial charge in [-0.25, -0.2) is 4.98 Å². The number of thiophene rings is 1. The van der Waals surface area contributed by atoms with Gasteiger partial charge in [-0.2, -0.15) is 0 Å². The van der Waals surface area contributed by atoms with Crippen molar-refractivity contribution < 1.29 is 4.79 Å². The number of nitrogens with one attached hydrogen (secondary N) is 1. The maximum atomic E-state index is 12.8. The topological polar surface area (TPSA) is 70.5 Å². The summed E-state index contributed by atoms with van der Waals surface area (Å²) in [5.74, 6) is 0.0147. The van der Waals surface area contributed by atoms with Crippen molar-refractivity contribution in [2.24, 2.45) is 0 Å². The van der Waals surface area contributed by atoms with E-state index in [9.17, 15) is 9.59 Å². The Bertz CT molecular complexity index is 1120. The summed E-state index contributed by atoms with van der Waals surface area (Å²) < 4.78 is 1.69. The SMILES string of the molecule is CCc1cc2c(=O)n(CN3CCN(CC(=O)Nc4c(C)cccc4C)CC3)cnc2s1. The molecule has 1 amide bonds. The molecule has 2 aromatic heterocycles. The van der Waals surface area contributed by atoms with Crippen LogP contribution in [0.4, 0.5) is 5.69 Å². The second-order valence-electron chi connectivity index (χ2n) is 8.16. The Morgan fingerprint density at radius 3 is 2.48 bits per heavy atom. The van der Waals surface area contributed by atoms with E-state index in [4.69, 9.17) is 0 Å². The number of carbonyl (C=O) groups excluding carboxylic acids is 1. The predicted octanol–water partition coefficient (Wildman–Crippen LogP) is 2.85. The highest BCUT2D eigenvalue weighted by atomic mass is 32.1.